The molecule has 0 saturated carbocycles. The van der Waals surface area contributed by atoms with E-state index in [2.05, 4.69) is 4.98 Å². The molecule has 0 aliphatic heterocycles. The third-order valence-electron chi connectivity index (χ3n) is 1.65. The van der Waals surface area contributed by atoms with Crippen molar-refractivity contribution >= 4 is 28.6 Å². The number of nitrogens with two attached hydrogens (primary N) is 1. The van der Waals surface area contributed by atoms with Gasteiger partial charge >= 0.3 is 0 Å². The minimum atomic E-state index is 0.684. The van der Waals surface area contributed by atoms with Gasteiger partial charge in [-0.25, -0.2) is 4.98 Å². The molecule has 2 aromatic rings. The first-order chi connectivity index (χ1) is 6.27. The Morgan fingerprint density at radius 1 is 1.38 bits per heavy atom. The van der Waals surface area contributed by atoms with Crippen LogP contribution in [0.3, 0.4) is 0 Å². The first-order valence-electron chi connectivity index (χ1n) is 3.72. The highest BCUT2D eigenvalue weighted by atomic mass is 35.5. The fourth-order valence-corrected chi connectivity index (χ4v) is 1.99. The van der Waals surface area contributed by atoms with E-state index in [0.29, 0.717) is 10.7 Å². The molecule has 1 heterocycles. The maximum atomic E-state index is 6.00. The van der Waals surface area contributed by atoms with Crippen LogP contribution in [0.15, 0.2) is 29.8 Å². The SMILES string of the molecule is Nc1ccc(Cl)c(-c2nccs2)c1. The molecule has 1 aromatic carbocycles. The topological polar surface area (TPSA) is 38.9 Å². The van der Waals surface area contributed by atoms with Gasteiger partial charge in [-0.1, -0.05) is 11.6 Å². The van der Waals surface area contributed by atoms with Gasteiger partial charge in [-0.05, 0) is 18.2 Å². The highest BCUT2D eigenvalue weighted by molar-refractivity contribution is 7.13. The van der Waals surface area contributed by atoms with Crippen LogP contribution in [-0.4, -0.2) is 4.98 Å². The summed E-state index contributed by atoms with van der Waals surface area (Å²) < 4.78 is 0. The summed E-state index contributed by atoms with van der Waals surface area (Å²) in [4.78, 5) is 4.17. The Kier molecular flexibility index (Phi) is 2.20. The zero-order valence-corrected chi connectivity index (χ0v) is 8.27. The summed E-state index contributed by atoms with van der Waals surface area (Å²) in [5, 5.41) is 3.50. The van der Waals surface area contributed by atoms with Crippen LogP contribution in [0.25, 0.3) is 10.6 Å². The second-order valence-corrected chi connectivity index (χ2v) is 3.88. The molecule has 0 unspecified atom stereocenters. The van der Waals surface area contributed by atoms with Gasteiger partial charge in [0.25, 0.3) is 0 Å². The lowest BCUT2D eigenvalue weighted by atomic mass is 10.2. The monoisotopic (exact) mass is 210 g/mol. The lowest BCUT2D eigenvalue weighted by molar-refractivity contribution is 1.41. The third-order valence-corrected chi connectivity index (χ3v) is 2.79. The average Bonchev–Trinajstić information content (AvgIpc) is 2.61. The first-order valence-corrected chi connectivity index (χ1v) is 4.98. The Hall–Kier alpha value is -1.06. The van der Waals surface area contributed by atoms with Gasteiger partial charge in [0, 0.05) is 22.8 Å². The Balaban J connectivity index is 2.57. The van der Waals surface area contributed by atoms with Crippen molar-refractivity contribution < 1.29 is 0 Å². The maximum absolute atomic E-state index is 6.00. The van der Waals surface area contributed by atoms with Crippen LogP contribution in [0.1, 0.15) is 0 Å². The molecule has 1 aromatic heterocycles. The fraction of sp³-hybridized carbons (Fsp3) is 0. The molecule has 0 amide bonds. The number of hydrogen-bond acceptors (Lipinski definition) is 3. The van der Waals surface area contributed by atoms with Gasteiger partial charge in [0.05, 0.1) is 5.02 Å². The molecule has 66 valence electrons. The number of thiazole rings is 1. The summed E-state index contributed by atoms with van der Waals surface area (Å²) in [6.07, 6.45) is 1.75. The second kappa shape index (κ2) is 3.36. The summed E-state index contributed by atoms with van der Waals surface area (Å²) in [6, 6.07) is 5.40. The van der Waals surface area contributed by atoms with Crippen molar-refractivity contribution in [2.45, 2.75) is 0 Å². The molecule has 2 N–H and O–H groups in total. The molecule has 13 heavy (non-hydrogen) atoms. The molecule has 0 radical (unpaired) electrons. The number of rotatable bonds is 1. The number of hydrogen-bond donors (Lipinski definition) is 1. The van der Waals surface area contributed by atoms with E-state index in [1.54, 1.807) is 29.7 Å². The van der Waals surface area contributed by atoms with E-state index in [1.807, 2.05) is 11.4 Å². The van der Waals surface area contributed by atoms with E-state index < -0.39 is 0 Å². The Morgan fingerprint density at radius 3 is 2.92 bits per heavy atom. The van der Waals surface area contributed by atoms with E-state index in [9.17, 15) is 0 Å². The van der Waals surface area contributed by atoms with Crippen LogP contribution in [-0.2, 0) is 0 Å². The Bertz CT molecular complexity index is 412. The highest BCUT2D eigenvalue weighted by Crippen LogP contribution is 2.30. The second-order valence-electron chi connectivity index (χ2n) is 2.58. The number of aromatic nitrogens is 1. The van der Waals surface area contributed by atoms with E-state index in [4.69, 9.17) is 17.3 Å². The van der Waals surface area contributed by atoms with Gasteiger partial charge in [0.2, 0.25) is 0 Å². The molecular formula is C9H7ClN2S. The molecule has 0 aliphatic carbocycles. The lowest BCUT2D eigenvalue weighted by Gasteiger charge is -2.00. The minimum absolute atomic E-state index is 0.684. The molecule has 0 spiro atoms. The molecule has 0 saturated heterocycles. The molecule has 0 fully saturated rings. The highest BCUT2D eigenvalue weighted by Gasteiger charge is 2.05. The van der Waals surface area contributed by atoms with Gasteiger partial charge < -0.3 is 5.73 Å². The zero-order valence-electron chi connectivity index (χ0n) is 6.70. The largest absolute Gasteiger partial charge is 0.399 e. The van der Waals surface area contributed by atoms with E-state index in [-0.39, 0.29) is 0 Å². The number of anilines is 1. The van der Waals surface area contributed by atoms with Crippen LogP contribution in [0.2, 0.25) is 5.02 Å². The van der Waals surface area contributed by atoms with Crippen molar-refractivity contribution in [1.29, 1.82) is 0 Å². The van der Waals surface area contributed by atoms with Crippen LogP contribution >= 0.6 is 22.9 Å². The van der Waals surface area contributed by atoms with Crippen molar-refractivity contribution in [1.82, 2.24) is 4.98 Å². The van der Waals surface area contributed by atoms with Crippen molar-refractivity contribution in [3.05, 3.63) is 34.8 Å². The summed E-state index contributed by atoms with van der Waals surface area (Å²) in [6.45, 7) is 0. The van der Waals surface area contributed by atoms with E-state index >= 15 is 0 Å². The summed E-state index contributed by atoms with van der Waals surface area (Å²) in [5.41, 5.74) is 7.25. The molecule has 2 nitrogen and oxygen atoms in total. The number of nitrogen functional groups attached to an aromatic ring is 1. The molecule has 4 heteroatoms. The molecule has 0 aliphatic rings. The maximum Gasteiger partial charge on any atom is 0.124 e. The molecule has 0 atom stereocenters. The predicted molar refractivity (Wildman–Crippen MR) is 57.0 cm³/mol. The van der Waals surface area contributed by atoms with Crippen LogP contribution in [0.5, 0.6) is 0 Å². The van der Waals surface area contributed by atoms with Crippen LogP contribution in [0, 0.1) is 0 Å². The zero-order chi connectivity index (χ0) is 9.26. The minimum Gasteiger partial charge on any atom is -0.399 e. The fourth-order valence-electron chi connectivity index (χ4n) is 1.06. The average molecular weight is 211 g/mol. The Labute approximate surface area is 85.0 Å². The third kappa shape index (κ3) is 1.66. The quantitative estimate of drug-likeness (QED) is 0.735. The number of halogens is 1. The van der Waals surface area contributed by atoms with Crippen molar-refractivity contribution in [2.24, 2.45) is 0 Å². The van der Waals surface area contributed by atoms with Gasteiger partial charge in [-0.15, -0.1) is 11.3 Å². The van der Waals surface area contributed by atoms with Crippen LogP contribution in [0.4, 0.5) is 5.69 Å². The predicted octanol–water partition coefficient (Wildman–Crippen LogP) is 3.05. The van der Waals surface area contributed by atoms with Crippen molar-refractivity contribution in [3.63, 3.8) is 0 Å². The summed E-state index contributed by atoms with van der Waals surface area (Å²) in [5.74, 6) is 0. The van der Waals surface area contributed by atoms with Crippen molar-refractivity contribution in [2.75, 3.05) is 5.73 Å². The molecule has 2 rings (SSSR count). The van der Waals surface area contributed by atoms with Crippen molar-refractivity contribution in [3.8, 4) is 10.6 Å². The van der Waals surface area contributed by atoms with E-state index in [0.717, 1.165) is 10.6 Å². The number of nitrogens with zero attached hydrogens (tertiary/aromatic N) is 1. The number of benzene rings is 1. The van der Waals surface area contributed by atoms with Gasteiger partial charge in [-0.3, -0.25) is 0 Å². The molecular weight excluding hydrogens is 204 g/mol. The van der Waals surface area contributed by atoms with Gasteiger partial charge in [0.1, 0.15) is 5.01 Å². The summed E-state index contributed by atoms with van der Waals surface area (Å²) in [7, 11) is 0. The van der Waals surface area contributed by atoms with Gasteiger partial charge in [0.15, 0.2) is 0 Å². The van der Waals surface area contributed by atoms with E-state index in [1.165, 1.54) is 0 Å². The van der Waals surface area contributed by atoms with Crippen LogP contribution < -0.4 is 5.73 Å². The van der Waals surface area contributed by atoms with Gasteiger partial charge in [-0.2, -0.15) is 0 Å². The normalized spacial score (nSPS) is 10.2. The standard InChI is InChI=1S/C9H7ClN2S/c10-8-2-1-6(11)5-7(8)9-12-3-4-13-9/h1-5H,11H2. The smallest absolute Gasteiger partial charge is 0.124 e. The molecule has 0 bridgehead atoms. The lowest BCUT2D eigenvalue weighted by Crippen LogP contribution is -1.85. The summed E-state index contributed by atoms with van der Waals surface area (Å²) >= 11 is 7.55. The Morgan fingerprint density at radius 2 is 2.23 bits per heavy atom. The first kappa shape index (κ1) is 8.53.